The number of likely N-dealkylation sites (N-methyl/N-ethyl adjacent to an activating group) is 1. The van der Waals surface area contributed by atoms with Gasteiger partial charge in [0.1, 0.15) is 0 Å². The lowest BCUT2D eigenvalue weighted by Crippen LogP contribution is -2.38. The van der Waals surface area contributed by atoms with Crippen LogP contribution in [-0.4, -0.2) is 46.8 Å². The molecule has 1 saturated heterocycles. The van der Waals surface area contributed by atoms with Crippen LogP contribution in [0.15, 0.2) is 34.8 Å². The average molecular weight is 363 g/mol. The Kier molecular flexibility index (Phi) is 4.31. The van der Waals surface area contributed by atoms with Gasteiger partial charge in [0, 0.05) is 29.8 Å². The Bertz CT molecular complexity index is 674. The maximum atomic E-state index is 12.6. The van der Waals surface area contributed by atoms with E-state index in [9.17, 15) is 4.79 Å². The molecule has 0 bridgehead atoms. The lowest BCUT2D eigenvalue weighted by Gasteiger charge is -2.22. The van der Waals surface area contributed by atoms with Gasteiger partial charge in [0.15, 0.2) is 5.69 Å². The first-order valence-corrected chi connectivity index (χ1v) is 8.16. The van der Waals surface area contributed by atoms with Crippen molar-refractivity contribution in [2.24, 2.45) is 0 Å². The number of benzene rings is 1. The van der Waals surface area contributed by atoms with Gasteiger partial charge in [0.05, 0.1) is 5.69 Å². The molecule has 1 N–H and O–H groups in total. The maximum absolute atomic E-state index is 12.6. The van der Waals surface area contributed by atoms with Gasteiger partial charge < -0.3 is 10.2 Å². The molecule has 3 rings (SSSR count). The molecule has 22 heavy (non-hydrogen) atoms. The number of aryl methyl sites for hydroxylation is 1. The van der Waals surface area contributed by atoms with Crippen molar-refractivity contribution in [3.05, 3.63) is 46.2 Å². The summed E-state index contributed by atoms with van der Waals surface area (Å²) < 4.78 is 2.83. The Hall–Kier alpha value is -1.66. The van der Waals surface area contributed by atoms with E-state index >= 15 is 0 Å². The maximum Gasteiger partial charge on any atom is 0.274 e. The SMILES string of the molecule is Cc1cc(C(=O)N(C)C2CCNC2)nn1-c1ccc(Br)cc1. The molecule has 0 aliphatic carbocycles. The van der Waals surface area contributed by atoms with E-state index in [2.05, 4.69) is 26.3 Å². The fraction of sp³-hybridized carbons (Fsp3) is 0.375. The first-order chi connectivity index (χ1) is 10.6. The van der Waals surface area contributed by atoms with Crippen LogP contribution >= 0.6 is 15.9 Å². The van der Waals surface area contributed by atoms with E-state index in [1.165, 1.54) is 0 Å². The lowest BCUT2D eigenvalue weighted by molar-refractivity contribution is 0.0737. The highest BCUT2D eigenvalue weighted by atomic mass is 79.9. The third-order valence-corrected chi connectivity index (χ3v) is 4.61. The van der Waals surface area contributed by atoms with E-state index in [1.54, 1.807) is 9.58 Å². The summed E-state index contributed by atoms with van der Waals surface area (Å²) in [6.07, 6.45) is 0.995. The molecule has 2 heterocycles. The van der Waals surface area contributed by atoms with Crippen LogP contribution in [0, 0.1) is 6.92 Å². The number of aromatic nitrogens is 2. The van der Waals surface area contributed by atoms with Gasteiger partial charge in [-0.15, -0.1) is 0 Å². The summed E-state index contributed by atoms with van der Waals surface area (Å²) in [5, 5.41) is 7.78. The fourth-order valence-electron chi connectivity index (χ4n) is 2.74. The molecule has 1 unspecified atom stereocenters. The zero-order valence-corrected chi connectivity index (χ0v) is 14.3. The second kappa shape index (κ2) is 6.22. The standard InChI is InChI=1S/C16H19BrN4O/c1-11-9-15(16(22)20(2)14-7-8-18-10-14)19-21(11)13-5-3-12(17)4-6-13/h3-6,9,14,18H,7-8,10H2,1-2H3. The van der Waals surface area contributed by atoms with Gasteiger partial charge in [-0.3, -0.25) is 4.79 Å². The molecular formula is C16H19BrN4O. The van der Waals surface area contributed by atoms with Crippen molar-refractivity contribution >= 4 is 21.8 Å². The molecule has 1 amide bonds. The summed E-state index contributed by atoms with van der Waals surface area (Å²) in [6, 6.07) is 9.99. The van der Waals surface area contributed by atoms with Crippen LogP contribution in [0.1, 0.15) is 22.6 Å². The Morgan fingerprint density at radius 2 is 2.14 bits per heavy atom. The minimum atomic E-state index is -0.0207. The Morgan fingerprint density at radius 1 is 1.41 bits per heavy atom. The number of hydrogen-bond acceptors (Lipinski definition) is 3. The number of carbonyl (C=O) groups is 1. The summed E-state index contributed by atoms with van der Waals surface area (Å²) in [4.78, 5) is 14.4. The molecule has 116 valence electrons. The summed E-state index contributed by atoms with van der Waals surface area (Å²) in [5.41, 5.74) is 2.39. The molecule has 1 aliphatic heterocycles. The molecular weight excluding hydrogens is 344 g/mol. The zero-order valence-electron chi connectivity index (χ0n) is 12.7. The van der Waals surface area contributed by atoms with Gasteiger partial charge in [0.2, 0.25) is 0 Å². The summed E-state index contributed by atoms with van der Waals surface area (Å²) in [7, 11) is 1.86. The molecule has 1 aromatic carbocycles. The van der Waals surface area contributed by atoms with Gasteiger partial charge in [0.25, 0.3) is 5.91 Å². The molecule has 0 spiro atoms. The highest BCUT2D eigenvalue weighted by Crippen LogP contribution is 2.17. The number of nitrogens with zero attached hydrogens (tertiary/aromatic N) is 3. The summed E-state index contributed by atoms with van der Waals surface area (Å²) in [5.74, 6) is -0.0207. The van der Waals surface area contributed by atoms with E-state index in [0.717, 1.165) is 35.4 Å². The fourth-order valence-corrected chi connectivity index (χ4v) is 3.00. The van der Waals surface area contributed by atoms with E-state index in [0.29, 0.717) is 5.69 Å². The van der Waals surface area contributed by atoms with Crippen molar-refractivity contribution in [1.82, 2.24) is 20.0 Å². The van der Waals surface area contributed by atoms with E-state index < -0.39 is 0 Å². The smallest absolute Gasteiger partial charge is 0.274 e. The topological polar surface area (TPSA) is 50.2 Å². The Morgan fingerprint density at radius 3 is 2.77 bits per heavy atom. The van der Waals surface area contributed by atoms with E-state index in [-0.39, 0.29) is 11.9 Å². The monoisotopic (exact) mass is 362 g/mol. The predicted molar refractivity (Wildman–Crippen MR) is 89.4 cm³/mol. The number of nitrogens with one attached hydrogen (secondary N) is 1. The second-order valence-electron chi connectivity index (χ2n) is 5.62. The largest absolute Gasteiger partial charge is 0.336 e. The zero-order chi connectivity index (χ0) is 15.7. The predicted octanol–water partition coefficient (Wildman–Crippen LogP) is 2.38. The van der Waals surface area contributed by atoms with Crippen LogP contribution in [-0.2, 0) is 0 Å². The minimum absolute atomic E-state index is 0.0207. The summed E-state index contributed by atoms with van der Waals surface area (Å²) >= 11 is 3.43. The summed E-state index contributed by atoms with van der Waals surface area (Å²) in [6.45, 7) is 3.78. The first-order valence-electron chi connectivity index (χ1n) is 7.37. The first kappa shape index (κ1) is 15.2. The van der Waals surface area contributed by atoms with Gasteiger partial charge >= 0.3 is 0 Å². The number of halogens is 1. The molecule has 1 atom stereocenters. The molecule has 0 saturated carbocycles. The molecule has 1 aromatic heterocycles. The highest BCUT2D eigenvalue weighted by molar-refractivity contribution is 9.10. The van der Waals surface area contributed by atoms with Crippen LogP contribution < -0.4 is 5.32 Å². The highest BCUT2D eigenvalue weighted by Gasteiger charge is 2.26. The van der Waals surface area contributed by atoms with Crippen LogP contribution in [0.3, 0.4) is 0 Å². The average Bonchev–Trinajstić information content (AvgIpc) is 3.16. The minimum Gasteiger partial charge on any atom is -0.336 e. The second-order valence-corrected chi connectivity index (χ2v) is 6.54. The molecule has 1 aliphatic rings. The number of amides is 1. The normalized spacial score (nSPS) is 17.7. The van der Waals surface area contributed by atoms with Crippen molar-refractivity contribution in [1.29, 1.82) is 0 Å². The van der Waals surface area contributed by atoms with Gasteiger partial charge in [-0.1, -0.05) is 15.9 Å². The molecule has 6 heteroatoms. The van der Waals surface area contributed by atoms with Gasteiger partial charge in [-0.2, -0.15) is 5.10 Å². The van der Waals surface area contributed by atoms with Crippen molar-refractivity contribution in [2.45, 2.75) is 19.4 Å². The van der Waals surface area contributed by atoms with Crippen LogP contribution in [0.5, 0.6) is 0 Å². The quantitative estimate of drug-likeness (QED) is 0.911. The van der Waals surface area contributed by atoms with Crippen molar-refractivity contribution in [3.63, 3.8) is 0 Å². The molecule has 1 fully saturated rings. The van der Waals surface area contributed by atoms with E-state index in [4.69, 9.17) is 0 Å². The lowest BCUT2D eigenvalue weighted by atomic mass is 10.2. The van der Waals surface area contributed by atoms with Crippen molar-refractivity contribution in [3.8, 4) is 5.69 Å². The van der Waals surface area contributed by atoms with Crippen molar-refractivity contribution in [2.75, 3.05) is 20.1 Å². The van der Waals surface area contributed by atoms with Crippen LogP contribution in [0.25, 0.3) is 5.69 Å². The van der Waals surface area contributed by atoms with Crippen LogP contribution in [0.2, 0.25) is 0 Å². The van der Waals surface area contributed by atoms with Gasteiger partial charge in [-0.25, -0.2) is 4.68 Å². The third kappa shape index (κ3) is 2.94. The third-order valence-electron chi connectivity index (χ3n) is 4.08. The Balaban J connectivity index is 1.85. The molecule has 0 radical (unpaired) electrons. The number of rotatable bonds is 3. The van der Waals surface area contributed by atoms with Crippen molar-refractivity contribution < 1.29 is 4.79 Å². The molecule has 2 aromatic rings. The number of carbonyl (C=O) groups excluding carboxylic acids is 1. The van der Waals surface area contributed by atoms with Crippen LogP contribution in [0.4, 0.5) is 0 Å². The Labute approximate surface area is 138 Å². The molecule has 5 nitrogen and oxygen atoms in total. The van der Waals surface area contributed by atoms with E-state index in [1.807, 2.05) is 44.3 Å². The van der Waals surface area contributed by atoms with Gasteiger partial charge in [-0.05, 0) is 50.2 Å². The number of hydrogen-bond donors (Lipinski definition) is 1.